The minimum Gasteiger partial charge on any atom is -0.486 e. The average molecular weight is 232 g/mol. The van der Waals surface area contributed by atoms with E-state index in [-0.39, 0.29) is 6.10 Å². The van der Waals surface area contributed by atoms with Gasteiger partial charge in [0.05, 0.1) is 23.3 Å². The standard InChI is InChI=1S/C10H9Cl2O2/c11-7-1-2-10(9(12)5-7)14-8-3-4-13-6-8/h2,5,8H,3-4,6H2. The van der Waals surface area contributed by atoms with Gasteiger partial charge in [0.15, 0.2) is 0 Å². The van der Waals surface area contributed by atoms with Crippen LogP contribution in [0.25, 0.3) is 0 Å². The maximum atomic E-state index is 5.94. The molecule has 0 amide bonds. The highest BCUT2D eigenvalue weighted by atomic mass is 35.5. The quantitative estimate of drug-likeness (QED) is 0.780. The van der Waals surface area contributed by atoms with Crippen LogP contribution in [0.4, 0.5) is 0 Å². The van der Waals surface area contributed by atoms with E-state index in [0.29, 0.717) is 22.4 Å². The molecule has 0 aliphatic carbocycles. The molecule has 1 saturated heterocycles. The molecule has 75 valence electrons. The molecule has 14 heavy (non-hydrogen) atoms. The molecule has 2 rings (SSSR count). The second kappa shape index (κ2) is 4.39. The summed E-state index contributed by atoms with van der Waals surface area (Å²) < 4.78 is 10.8. The Hall–Kier alpha value is -0.440. The molecule has 1 aromatic carbocycles. The summed E-state index contributed by atoms with van der Waals surface area (Å²) in [5.74, 6) is 0.617. The van der Waals surface area contributed by atoms with E-state index in [4.69, 9.17) is 32.7 Å². The van der Waals surface area contributed by atoms with Gasteiger partial charge in [0, 0.05) is 12.5 Å². The van der Waals surface area contributed by atoms with Crippen LogP contribution in [0.1, 0.15) is 6.42 Å². The van der Waals surface area contributed by atoms with Gasteiger partial charge in [-0.3, -0.25) is 0 Å². The lowest BCUT2D eigenvalue weighted by molar-refractivity contribution is 0.141. The zero-order valence-corrected chi connectivity index (χ0v) is 8.94. The molecule has 1 atom stereocenters. The molecule has 0 bridgehead atoms. The van der Waals surface area contributed by atoms with Crippen LogP contribution in [-0.4, -0.2) is 19.3 Å². The molecular weight excluding hydrogens is 223 g/mol. The largest absolute Gasteiger partial charge is 0.486 e. The fraction of sp³-hybridized carbons (Fsp3) is 0.400. The first-order valence-corrected chi connectivity index (χ1v) is 5.12. The average Bonchev–Trinajstić information content (AvgIpc) is 2.62. The molecule has 4 heteroatoms. The van der Waals surface area contributed by atoms with E-state index >= 15 is 0 Å². The van der Waals surface area contributed by atoms with E-state index in [1.807, 2.05) is 0 Å². The normalized spacial score (nSPS) is 21.1. The smallest absolute Gasteiger partial charge is 0.139 e. The highest BCUT2D eigenvalue weighted by Gasteiger charge is 2.18. The van der Waals surface area contributed by atoms with Gasteiger partial charge in [-0.15, -0.1) is 0 Å². The Morgan fingerprint density at radius 1 is 1.50 bits per heavy atom. The van der Waals surface area contributed by atoms with E-state index in [1.165, 1.54) is 0 Å². The van der Waals surface area contributed by atoms with E-state index in [0.717, 1.165) is 13.0 Å². The van der Waals surface area contributed by atoms with Gasteiger partial charge < -0.3 is 9.47 Å². The van der Waals surface area contributed by atoms with Crippen LogP contribution in [-0.2, 0) is 4.74 Å². The van der Waals surface area contributed by atoms with Gasteiger partial charge in [0.1, 0.15) is 11.9 Å². The topological polar surface area (TPSA) is 18.5 Å². The van der Waals surface area contributed by atoms with Crippen LogP contribution >= 0.6 is 23.2 Å². The van der Waals surface area contributed by atoms with Crippen molar-refractivity contribution in [2.24, 2.45) is 0 Å². The molecule has 2 nitrogen and oxygen atoms in total. The third-order valence-corrected chi connectivity index (χ3v) is 2.53. The van der Waals surface area contributed by atoms with Crippen LogP contribution in [0.3, 0.4) is 0 Å². The number of rotatable bonds is 2. The molecule has 0 saturated carbocycles. The Bertz CT molecular complexity index is 322. The Morgan fingerprint density at radius 3 is 3.00 bits per heavy atom. The van der Waals surface area contributed by atoms with Crippen molar-refractivity contribution in [3.05, 3.63) is 28.2 Å². The molecule has 0 N–H and O–H groups in total. The van der Waals surface area contributed by atoms with E-state index < -0.39 is 0 Å². The fourth-order valence-electron chi connectivity index (χ4n) is 1.30. The van der Waals surface area contributed by atoms with Crippen molar-refractivity contribution in [2.75, 3.05) is 13.2 Å². The number of benzene rings is 1. The van der Waals surface area contributed by atoms with Crippen molar-refractivity contribution in [3.8, 4) is 5.75 Å². The molecule has 1 aromatic rings. The van der Waals surface area contributed by atoms with Crippen molar-refractivity contribution in [1.29, 1.82) is 0 Å². The summed E-state index contributed by atoms with van der Waals surface area (Å²) in [6, 6.07) is 6.10. The van der Waals surface area contributed by atoms with Gasteiger partial charge in [-0.1, -0.05) is 23.2 Å². The maximum Gasteiger partial charge on any atom is 0.139 e. The molecule has 1 unspecified atom stereocenters. The van der Waals surface area contributed by atoms with Crippen molar-refractivity contribution in [1.82, 2.24) is 0 Å². The molecule has 1 aliphatic rings. The Labute approximate surface area is 92.7 Å². The van der Waals surface area contributed by atoms with Gasteiger partial charge in [-0.05, 0) is 12.1 Å². The lowest BCUT2D eigenvalue weighted by atomic mass is 10.3. The third-order valence-electron chi connectivity index (χ3n) is 2.01. The molecule has 1 radical (unpaired) electrons. The zero-order chi connectivity index (χ0) is 9.97. The van der Waals surface area contributed by atoms with Gasteiger partial charge >= 0.3 is 0 Å². The lowest BCUT2D eigenvalue weighted by Crippen LogP contribution is -2.15. The summed E-state index contributed by atoms with van der Waals surface area (Å²) in [4.78, 5) is 0. The van der Waals surface area contributed by atoms with Crippen LogP contribution in [0.5, 0.6) is 5.75 Å². The van der Waals surface area contributed by atoms with Crippen LogP contribution in [0.2, 0.25) is 10.0 Å². The van der Waals surface area contributed by atoms with Crippen LogP contribution < -0.4 is 4.74 Å². The summed E-state index contributed by atoms with van der Waals surface area (Å²) in [7, 11) is 0. The number of halogens is 2. The van der Waals surface area contributed by atoms with Crippen molar-refractivity contribution < 1.29 is 9.47 Å². The number of ether oxygens (including phenoxy) is 2. The van der Waals surface area contributed by atoms with E-state index in [2.05, 4.69) is 6.07 Å². The van der Waals surface area contributed by atoms with Gasteiger partial charge in [0.25, 0.3) is 0 Å². The third kappa shape index (κ3) is 2.32. The number of hydrogen-bond acceptors (Lipinski definition) is 2. The van der Waals surface area contributed by atoms with E-state index in [1.54, 1.807) is 12.1 Å². The van der Waals surface area contributed by atoms with Crippen molar-refractivity contribution in [2.45, 2.75) is 12.5 Å². The Morgan fingerprint density at radius 2 is 2.36 bits per heavy atom. The molecule has 1 heterocycles. The summed E-state index contributed by atoms with van der Waals surface area (Å²) in [5.41, 5.74) is 0. The predicted octanol–water partition coefficient (Wildman–Crippen LogP) is 2.96. The molecule has 0 spiro atoms. The van der Waals surface area contributed by atoms with Crippen LogP contribution in [0.15, 0.2) is 12.1 Å². The first-order chi connectivity index (χ1) is 6.75. The van der Waals surface area contributed by atoms with Crippen LogP contribution in [0, 0.1) is 6.07 Å². The summed E-state index contributed by atoms with van der Waals surface area (Å²) in [5, 5.41) is 1.01. The maximum absolute atomic E-state index is 5.94. The molecule has 1 aliphatic heterocycles. The summed E-state index contributed by atoms with van der Waals surface area (Å²) in [6.45, 7) is 1.37. The monoisotopic (exact) mass is 231 g/mol. The second-order valence-electron chi connectivity index (χ2n) is 3.10. The molecular formula is C10H9Cl2O2. The van der Waals surface area contributed by atoms with Crippen molar-refractivity contribution >= 4 is 23.2 Å². The van der Waals surface area contributed by atoms with Gasteiger partial charge in [-0.25, -0.2) is 0 Å². The minimum atomic E-state index is 0.0991. The van der Waals surface area contributed by atoms with Gasteiger partial charge in [-0.2, -0.15) is 0 Å². The lowest BCUT2D eigenvalue weighted by Gasteiger charge is -2.12. The second-order valence-corrected chi connectivity index (χ2v) is 3.91. The van der Waals surface area contributed by atoms with Crippen molar-refractivity contribution in [3.63, 3.8) is 0 Å². The first-order valence-electron chi connectivity index (χ1n) is 4.37. The van der Waals surface area contributed by atoms with Gasteiger partial charge in [0.2, 0.25) is 0 Å². The summed E-state index contributed by atoms with van der Waals surface area (Å²) >= 11 is 11.7. The first kappa shape index (κ1) is 10.1. The number of hydrogen-bond donors (Lipinski definition) is 0. The molecule has 1 fully saturated rings. The van der Waals surface area contributed by atoms with E-state index in [9.17, 15) is 0 Å². The Kier molecular flexibility index (Phi) is 3.16. The minimum absolute atomic E-state index is 0.0991. The highest BCUT2D eigenvalue weighted by molar-refractivity contribution is 6.35. The Balaban J connectivity index is 2.08. The predicted molar refractivity (Wildman–Crippen MR) is 55.2 cm³/mol. The fourth-order valence-corrected chi connectivity index (χ4v) is 1.73. The SMILES string of the molecule is Clc1[c]cc(OC2CCOC2)c(Cl)c1. The zero-order valence-electron chi connectivity index (χ0n) is 7.43. The summed E-state index contributed by atoms with van der Waals surface area (Å²) in [6.07, 6.45) is 1.00. The molecule has 0 aromatic heterocycles. The highest BCUT2D eigenvalue weighted by Crippen LogP contribution is 2.28.